The Hall–Kier alpha value is -1.41. The maximum Gasteiger partial charge on any atom is 0.0902 e. The van der Waals surface area contributed by atoms with Crippen LogP contribution in [-0.2, 0) is 5.60 Å². The fourth-order valence-corrected chi connectivity index (χ4v) is 3.68. The lowest BCUT2D eigenvalue weighted by molar-refractivity contribution is -0.0361. The molecule has 1 saturated carbocycles. The van der Waals surface area contributed by atoms with E-state index in [0.717, 1.165) is 29.3 Å². The second-order valence-electron chi connectivity index (χ2n) is 6.30. The molecule has 2 aromatic rings. The highest BCUT2D eigenvalue weighted by Gasteiger charge is 2.37. The third-order valence-corrected chi connectivity index (χ3v) is 4.32. The molecule has 1 aliphatic rings. The summed E-state index contributed by atoms with van der Waals surface area (Å²) in [7, 11) is 0. The van der Waals surface area contributed by atoms with Crippen LogP contribution in [0.3, 0.4) is 0 Å². The molecule has 1 fully saturated rings. The molecule has 2 heteroatoms. The Balaban J connectivity index is 2.02. The van der Waals surface area contributed by atoms with Gasteiger partial charge in [-0.05, 0) is 48.8 Å². The number of fused-ring (bicyclic) bond motifs is 1. The van der Waals surface area contributed by atoms with E-state index in [2.05, 4.69) is 43.1 Å². The zero-order chi connectivity index (χ0) is 13.5. The van der Waals surface area contributed by atoms with Crippen molar-refractivity contribution in [3.63, 3.8) is 0 Å². The SMILES string of the molecule is CC1CC(C)CC(O)(c2ccc3cccnc3c2)C1. The summed E-state index contributed by atoms with van der Waals surface area (Å²) in [6.45, 7) is 4.47. The van der Waals surface area contributed by atoms with E-state index in [1.165, 1.54) is 6.42 Å². The zero-order valence-electron chi connectivity index (χ0n) is 11.6. The predicted molar refractivity (Wildman–Crippen MR) is 77.8 cm³/mol. The maximum absolute atomic E-state index is 11.0. The van der Waals surface area contributed by atoms with Crippen LogP contribution in [0.1, 0.15) is 38.7 Å². The summed E-state index contributed by atoms with van der Waals surface area (Å²) in [5, 5.41) is 12.1. The van der Waals surface area contributed by atoms with Crippen LogP contribution in [0.2, 0.25) is 0 Å². The molecule has 2 atom stereocenters. The Morgan fingerprint density at radius 2 is 1.89 bits per heavy atom. The van der Waals surface area contributed by atoms with Gasteiger partial charge in [-0.1, -0.05) is 32.0 Å². The fourth-order valence-electron chi connectivity index (χ4n) is 3.68. The monoisotopic (exact) mass is 255 g/mol. The summed E-state index contributed by atoms with van der Waals surface area (Å²) in [5.74, 6) is 1.15. The van der Waals surface area contributed by atoms with Crippen LogP contribution in [0.25, 0.3) is 10.9 Å². The van der Waals surface area contributed by atoms with Gasteiger partial charge in [-0.15, -0.1) is 0 Å². The molecular formula is C17H21NO. The molecule has 1 N–H and O–H groups in total. The topological polar surface area (TPSA) is 33.1 Å². The van der Waals surface area contributed by atoms with Crippen molar-refractivity contribution in [2.45, 2.75) is 38.7 Å². The van der Waals surface area contributed by atoms with Crippen molar-refractivity contribution in [1.29, 1.82) is 0 Å². The highest BCUT2D eigenvalue weighted by atomic mass is 16.3. The Morgan fingerprint density at radius 1 is 1.16 bits per heavy atom. The number of aromatic nitrogens is 1. The summed E-state index contributed by atoms with van der Waals surface area (Å²) in [6.07, 6.45) is 4.74. The predicted octanol–water partition coefficient (Wildman–Crippen LogP) is 3.88. The molecule has 100 valence electrons. The maximum atomic E-state index is 11.0. The van der Waals surface area contributed by atoms with Crippen molar-refractivity contribution < 1.29 is 5.11 Å². The van der Waals surface area contributed by atoms with Crippen LogP contribution in [0.15, 0.2) is 36.5 Å². The molecule has 1 aromatic carbocycles. The molecule has 2 nitrogen and oxygen atoms in total. The number of benzene rings is 1. The number of nitrogens with zero attached hydrogens (tertiary/aromatic N) is 1. The summed E-state index contributed by atoms with van der Waals surface area (Å²) in [4.78, 5) is 4.39. The summed E-state index contributed by atoms with van der Waals surface area (Å²) < 4.78 is 0. The lowest BCUT2D eigenvalue weighted by atomic mass is 9.71. The van der Waals surface area contributed by atoms with Gasteiger partial charge in [0.1, 0.15) is 0 Å². The van der Waals surface area contributed by atoms with Gasteiger partial charge < -0.3 is 5.11 Å². The molecular weight excluding hydrogens is 234 g/mol. The smallest absolute Gasteiger partial charge is 0.0902 e. The van der Waals surface area contributed by atoms with Crippen LogP contribution < -0.4 is 0 Å². The van der Waals surface area contributed by atoms with Crippen LogP contribution >= 0.6 is 0 Å². The molecule has 1 aliphatic carbocycles. The van der Waals surface area contributed by atoms with Gasteiger partial charge in [0.25, 0.3) is 0 Å². The zero-order valence-corrected chi connectivity index (χ0v) is 11.6. The summed E-state index contributed by atoms with van der Waals surface area (Å²) >= 11 is 0. The van der Waals surface area contributed by atoms with Crippen molar-refractivity contribution in [2.75, 3.05) is 0 Å². The minimum Gasteiger partial charge on any atom is -0.385 e. The molecule has 19 heavy (non-hydrogen) atoms. The molecule has 2 unspecified atom stereocenters. The molecule has 1 heterocycles. The third-order valence-electron chi connectivity index (χ3n) is 4.32. The van der Waals surface area contributed by atoms with Crippen LogP contribution in [0, 0.1) is 11.8 Å². The Bertz CT molecular complexity index is 583. The van der Waals surface area contributed by atoms with E-state index >= 15 is 0 Å². The van der Waals surface area contributed by atoms with Crippen molar-refractivity contribution in [3.8, 4) is 0 Å². The second-order valence-corrected chi connectivity index (χ2v) is 6.30. The van der Waals surface area contributed by atoms with E-state index in [1.807, 2.05) is 12.3 Å². The van der Waals surface area contributed by atoms with E-state index in [4.69, 9.17) is 0 Å². The Labute approximate surface area is 114 Å². The fraction of sp³-hybridized carbons (Fsp3) is 0.471. The first-order valence-corrected chi connectivity index (χ1v) is 7.14. The summed E-state index contributed by atoms with van der Waals surface area (Å²) in [5.41, 5.74) is 1.32. The first-order valence-electron chi connectivity index (χ1n) is 7.14. The van der Waals surface area contributed by atoms with E-state index in [9.17, 15) is 5.11 Å². The molecule has 0 bridgehead atoms. The highest BCUT2D eigenvalue weighted by molar-refractivity contribution is 5.79. The third kappa shape index (κ3) is 2.37. The number of hydrogen-bond donors (Lipinski definition) is 1. The Kier molecular flexibility index (Phi) is 3.06. The highest BCUT2D eigenvalue weighted by Crippen LogP contribution is 2.42. The summed E-state index contributed by atoms with van der Waals surface area (Å²) in [6, 6.07) is 10.2. The normalized spacial score (nSPS) is 31.5. The molecule has 0 amide bonds. The molecule has 1 aromatic heterocycles. The minimum atomic E-state index is -0.678. The van der Waals surface area contributed by atoms with Crippen LogP contribution in [0.5, 0.6) is 0 Å². The van der Waals surface area contributed by atoms with Gasteiger partial charge in [-0.25, -0.2) is 0 Å². The average molecular weight is 255 g/mol. The van der Waals surface area contributed by atoms with E-state index in [-0.39, 0.29) is 0 Å². The number of aliphatic hydroxyl groups is 1. The first kappa shape index (κ1) is 12.6. The van der Waals surface area contributed by atoms with E-state index in [0.29, 0.717) is 11.8 Å². The standard InChI is InChI=1S/C17H21NO/c1-12-8-13(2)11-17(19,10-12)15-6-5-14-4-3-7-18-16(14)9-15/h3-7,9,12-13,19H,8,10-11H2,1-2H3. The largest absolute Gasteiger partial charge is 0.385 e. The van der Waals surface area contributed by atoms with E-state index in [1.54, 1.807) is 0 Å². The average Bonchev–Trinajstić information content (AvgIpc) is 2.36. The van der Waals surface area contributed by atoms with Gasteiger partial charge in [-0.3, -0.25) is 4.98 Å². The van der Waals surface area contributed by atoms with Crippen molar-refractivity contribution >= 4 is 10.9 Å². The van der Waals surface area contributed by atoms with Crippen LogP contribution in [0.4, 0.5) is 0 Å². The lowest BCUT2D eigenvalue weighted by Gasteiger charge is -2.39. The second kappa shape index (κ2) is 4.61. The number of pyridine rings is 1. The van der Waals surface area contributed by atoms with Gasteiger partial charge in [-0.2, -0.15) is 0 Å². The van der Waals surface area contributed by atoms with Crippen molar-refractivity contribution in [3.05, 3.63) is 42.1 Å². The van der Waals surface area contributed by atoms with Crippen molar-refractivity contribution in [1.82, 2.24) is 4.98 Å². The van der Waals surface area contributed by atoms with Gasteiger partial charge in [0, 0.05) is 11.6 Å². The van der Waals surface area contributed by atoms with Gasteiger partial charge in [0.2, 0.25) is 0 Å². The van der Waals surface area contributed by atoms with Gasteiger partial charge >= 0.3 is 0 Å². The van der Waals surface area contributed by atoms with Crippen LogP contribution in [-0.4, -0.2) is 10.1 Å². The quantitative estimate of drug-likeness (QED) is 0.839. The number of rotatable bonds is 1. The van der Waals surface area contributed by atoms with Gasteiger partial charge in [0.15, 0.2) is 0 Å². The molecule has 3 rings (SSSR count). The first-order chi connectivity index (χ1) is 9.07. The molecule has 0 saturated heterocycles. The van der Waals surface area contributed by atoms with Gasteiger partial charge in [0.05, 0.1) is 11.1 Å². The Morgan fingerprint density at radius 3 is 2.63 bits per heavy atom. The minimum absolute atomic E-state index is 0.577. The molecule has 0 spiro atoms. The molecule has 0 aliphatic heterocycles. The van der Waals surface area contributed by atoms with Crippen molar-refractivity contribution in [2.24, 2.45) is 11.8 Å². The number of hydrogen-bond acceptors (Lipinski definition) is 2. The lowest BCUT2D eigenvalue weighted by Crippen LogP contribution is -2.35. The molecule has 0 radical (unpaired) electrons. The van der Waals surface area contributed by atoms with E-state index < -0.39 is 5.60 Å².